The molecule has 0 aliphatic heterocycles. The molecule has 0 aromatic rings. The molecule has 0 heterocycles. The van der Waals surface area contributed by atoms with Crippen LogP contribution in [0, 0.1) is 0 Å². The number of thioether (sulfide) groups is 1. The Morgan fingerprint density at radius 1 is 1.45 bits per heavy atom. The van der Waals surface area contributed by atoms with Gasteiger partial charge >= 0.3 is 5.97 Å². The van der Waals surface area contributed by atoms with Gasteiger partial charge in [-0.2, -0.15) is 0 Å². The zero-order chi connectivity index (χ0) is 8.27. The van der Waals surface area contributed by atoms with E-state index in [0.717, 1.165) is 30.6 Å². The molecule has 0 unspecified atom stereocenters. The lowest BCUT2D eigenvalue weighted by molar-refractivity contribution is -0.132. The van der Waals surface area contributed by atoms with Crippen LogP contribution in [-0.2, 0) is 4.79 Å². The Morgan fingerprint density at radius 2 is 2.09 bits per heavy atom. The Morgan fingerprint density at radius 3 is 2.55 bits per heavy atom. The minimum absolute atomic E-state index is 0.642. The molecule has 0 saturated carbocycles. The van der Waals surface area contributed by atoms with Crippen LogP contribution in [0.25, 0.3) is 0 Å². The van der Waals surface area contributed by atoms with Gasteiger partial charge in [-0.05, 0) is 36.8 Å². The Balaban J connectivity index is 2.81. The average molecular weight is 172 g/mol. The Labute approximate surface area is 70.7 Å². The van der Waals surface area contributed by atoms with Crippen molar-refractivity contribution in [3.8, 4) is 0 Å². The molecular formula is C8H12O2S. The summed E-state index contributed by atoms with van der Waals surface area (Å²) in [5, 5.41) is 8.77. The zero-order valence-corrected chi connectivity index (χ0v) is 7.41. The highest BCUT2D eigenvalue weighted by Gasteiger charge is 2.16. The fourth-order valence-corrected chi connectivity index (χ4v) is 2.11. The van der Waals surface area contributed by atoms with E-state index in [-0.39, 0.29) is 0 Å². The second-order valence-electron chi connectivity index (χ2n) is 2.62. The first-order chi connectivity index (χ1) is 5.25. The lowest BCUT2D eigenvalue weighted by atomic mass is 9.99. The number of aliphatic carboxylic acids is 1. The van der Waals surface area contributed by atoms with Crippen molar-refractivity contribution in [3.63, 3.8) is 0 Å². The molecule has 0 spiro atoms. The van der Waals surface area contributed by atoms with Gasteiger partial charge in [-0.15, -0.1) is 11.8 Å². The maximum absolute atomic E-state index is 10.7. The quantitative estimate of drug-likeness (QED) is 0.694. The van der Waals surface area contributed by atoms with E-state index in [1.807, 2.05) is 6.26 Å². The molecule has 0 atom stereocenters. The highest BCUT2D eigenvalue weighted by molar-refractivity contribution is 8.02. The van der Waals surface area contributed by atoms with Gasteiger partial charge in [-0.1, -0.05) is 0 Å². The lowest BCUT2D eigenvalue weighted by Crippen LogP contribution is -2.07. The monoisotopic (exact) mass is 172 g/mol. The number of hydrogen-bond acceptors (Lipinski definition) is 2. The number of allylic oxidation sites excluding steroid dienone is 1. The fourth-order valence-electron chi connectivity index (χ4n) is 1.33. The van der Waals surface area contributed by atoms with Crippen molar-refractivity contribution in [2.24, 2.45) is 0 Å². The summed E-state index contributed by atoms with van der Waals surface area (Å²) in [6, 6.07) is 0. The molecule has 0 aromatic carbocycles. The Hall–Kier alpha value is -0.440. The summed E-state index contributed by atoms with van der Waals surface area (Å²) in [6.07, 6.45) is 5.84. The molecule has 3 heteroatoms. The number of carbonyl (C=O) groups is 1. The van der Waals surface area contributed by atoms with Gasteiger partial charge in [0.2, 0.25) is 0 Å². The van der Waals surface area contributed by atoms with Crippen LogP contribution in [0.3, 0.4) is 0 Å². The van der Waals surface area contributed by atoms with Crippen molar-refractivity contribution in [2.75, 3.05) is 6.26 Å². The van der Waals surface area contributed by atoms with Gasteiger partial charge in [0.15, 0.2) is 0 Å². The molecule has 0 aromatic heterocycles. The number of rotatable bonds is 2. The zero-order valence-electron chi connectivity index (χ0n) is 6.59. The number of hydrogen-bond donors (Lipinski definition) is 1. The molecule has 1 aliphatic rings. The first kappa shape index (κ1) is 8.65. The van der Waals surface area contributed by atoms with E-state index in [4.69, 9.17) is 5.11 Å². The van der Waals surface area contributed by atoms with E-state index >= 15 is 0 Å². The molecule has 0 bridgehead atoms. The smallest absolute Gasteiger partial charge is 0.332 e. The van der Waals surface area contributed by atoms with Crippen molar-refractivity contribution in [2.45, 2.75) is 25.7 Å². The van der Waals surface area contributed by atoms with Crippen molar-refractivity contribution in [3.05, 3.63) is 10.5 Å². The summed E-state index contributed by atoms with van der Waals surface area (Å²) in [4.78, 5) is 11.7. The summed E-state index contributed by atoms with van der Waals surface area (Å²) in [5.74, 6) is -0.728. The van der Waals surface area contributed by atoms with Crippen molar-refractivity contribution in [1.29, 1.82) is 0 Å². The van der Waals surface area contributed by atoms with Crippen molar-refractivity contribution < 1.29 is 9.90 Å². The van der Waals surface area contributed by atoms with Crippen LogP contribution >= 0.6 is 11.8 Å². The summed E-state index contributed by atoms with van der Waals surface area (Å²) >= 11 is 1.58. The van der Waals surface area contributed by atoms with Crippen LogP contribution in [0.15, 0.2) is 10.5 Å². The maximum atomic E-state index is 10.7. The third kappa shape index (κ3) is 1.99. The van der Waals surface area contributed by atoms with E-state index in [1.54, 1.807) is 11.8 Å². The average Bonchev–Trinajstić information content (AvgIpc) is 2.04. The van der Waals surface area contributed by atoms with Gasteiger partial charge in [-0.25, -0.2) is 4.79 Å². The van der Waals surface area contributed by atoms with Gasteiger partial charge in [0.1, 0.15) is 0 Å². The van der Waals surface area contributed by atoms with Crippen molar-refractivity contribution in [1.82, 2.24) is 0 Å². The molecule has 1 N–H and O–H groups in total. The second-order valence-corrected chi connectivity index (χ2v) is 3.52. The fraction of sp³-hybridized carbons (Fsp3) is 0.625. The predicted octanol–water partition coefficient (Wildman–Crippen LogP) is 2.26. The molecule has 1 aliphatic carbocycles. The van der Waals surface area contributed by atoms with Gasteiger partial charge in [0.25, 0.3) is 0 Å². The van der Waals surface area contributed by atoms with Crippen LogP contribution in [0.2, 0.25) is 0 Å². The molecule has 1 rings (SSSR count). The van der Waals surface area contributed by atoms with Crippen molar-refractivity contribution >= 4 is 17.7 Å². The Bertz CT molecular complexity index is 196. The molecular weight excluding hydrogens is 160 g/mol. The standard InChI is InChI=1S/C8H12O2S/c1-11-7-5-3-2-4-6(7)8(9)10/h2-5H2,1H3,(H,9,10). The molecule has 0 amide bonds. The molecule has 0 fully saturated rings. The minimum atomic E-state index is -0.728. The highest BCUT2D eigenvalue weighted by Crippen LogP contribution is 2.31. The van der Waals surface area contributed by atoms with Crippen LogP contribution in [0.1, 0.15) is 25.7 Å². The maximum Gasteiger partial charge on any atom is 0.332 e. The van der Waals surface area contributed by atoms with Crippen LogP contribution in [0.5, 0.6) is 0 Å². The van der Waals surface area contributed by atoms with E-state index in [1.165, 1.54) is 0 Å². The molecule has 2 nitrogen and oxygen atoms in total. The van der Waals surface area contributed by atoms with Gasteiger partial charge in [0, 0.05) is 5.57 Å². The number of carboxylic acids is 1. The SMILES string of the molecule is CSC1=C(C(=O)O)CCCC1. The minimum Gasteiger partial charge on any atom is -0.478 e. The second kappa shape index (κ2) is 3.81. The summed E-state index contributed by atoms with van der Waals surface area (Å²) in [7, 11) is 0. The van der Waals surface area contributed by atoms with Crippen LogP contribution in [-0.4, -0.2) is 17.3 Å². The van der Waals surface area contributed by atoms with Gasteiger partial charge in [-0.3, -0.25) is 0 Å². The van der Waals surface area contributed by atoms with E-state index in [2.05, 4.69) is 0 Å². The van der Waals surface area contributed by atoms with E-state index in [9.17, 15) is 4.79 Å². The van der Waals surface area contributed by atoms with Crippen LogP contribution < -0.4 is 0 Å². The third-order valence-electron chi connectivity index (χ3n) is 1.92. The summed E-state index contributed by atoms with van der Waals surface area (Å²) in [5.41, 5.74) is 0.642. The van der Waals surface area contributed by atoms with Gasteiger partial charge < -0.3 is 5.11 Å². The highest BCUT2D eigenvalue weighted by atomic mass is 32.2. The first-order valence-corrected chi connectivity index (χ1v) is 4.97. The van der Waals surface area contributed by atoms with Gasteiger partial charge in [0.05, 0.1) is 0 Å². The largest absolute Gasteiger partial charge is 0.478 e. The molecule has 62 valence electrons. The van der Waals surface area contributed by atoms with Crippen LogP contribution in [0.4, 0.5) is 0 Å². The number of carboxylic acid groups (broad SMARTS) is 1. The van der Waals surface area contributed by atoms with E-state index in [0.29, 0.717) is 5.57 Å². The Kier molecular flexibility index (Phi) is 3.00. The molecule has 0 saturated heterocycles. The summed E-state index contributed by atoms with van der Waals surface area (Å²) < 4.78 is 0. The molecule has 11 heavy (non-hydrogen) atoms. The topological polar surface area (TPSA) is 37.3 Å². The molecule has 0 radical (unpaired) electrons. The first-order valence-electron chi connectivity index (χ1n) is 3.75. The summed E-state index contributed by atoms with van der Waals surface area (Å²) in [6.45, 7) is 0. The normalized spacial score (nSPS) is 18.6. The predicted molar refractivity (Wildman–Crippen MR) is 46.6 cm³/mol. The lowest BCUT2D eigenvalue weighted by Gasteiger charge is -2.14. The third-order valence-corrected chi connectivity index (χ3v) is 2.87. The van der Waals surface area contributed by atoms with E-state index < -0.39 is 5.97 Å².